The Labute approximate surface area is 59.7 Å². The molecule has 1 unspecified atom stereocenters. The first kappa shape index (κ1) is 9.00. The molecule has 0 aliphatic heterocycles. The van der Waals surface area contributed by atoms with Crippen LogP contribution < -0.4 is 0 Å². The standard InChI is InChI=1S/C9H18/c1-5-9(4)7-6-8(2)3/h6,8-9H,1,5,7H2,2-4H3. The van der Waals surface area contributed by atoms with Crippen LogP contribution in [-0.4, -0.2) is 0 Å². The van der Waals surface area contributed by atoms with Gasteiger partial charge in [0.15, 0.2) is 0 Å². The van der Waals surface area contributed by atoms with Crippen molar-refractivity contribution in [3.8, 4) is 0 Å². The van der Waals surface area contributed by atoms with Crippen molar-refractivity contribution in [2.45, 2.75) is 33.6 Å². The second-order valence-electron chi connectivity index (χ2n) is 3.11. The largest absolute Gasteiger partial charge is 0.0625 e. The Balaban J connectivity index is 3.06. The molecule has 0 rings (SSSR count). The van der Waals surface area contributed by atoms with E-state index < -0.39 is 0 Å². The number of rotatable bonds is 4. The van der Waals surface area contributed by atoms with E-state index >= 15 is 0 Å². The fraction of sp³-hybridized carbons (Fsp3) is 0.778. The molecule has 0 aliphatic rings. The van der Waals surface area contributed by atoms with Gasteiger partial charge in [0.1, 0.15) is 0 Å². The number of hydrogen-bond donors (Lipinski definition) is 0. The van der Waals surface area contributed by atoms with Gasteiger partial charge < -0.3 is 0 Å². The molecule has 0 nitrogen and oxygen atoms in total. The van der Waals surface area contributed by atoms with Gasteiger partial charge in [0.25, 0.3) is 0 Å². The molecule has 0 heterocycles. The van der Waals surface area contributed by atoms with Gasteiger partial charge in [-0.2, -0.15) is 0 Å². The molecule has 1 atom stereocenters. The van der Waals surface area contributed by atoms with Crippen LogP contribution in [0.1, 0.15) is 33.6 Å². The first-order chi connectivity index (χ1) is 4.16. The molecule has 0 aromatic heterocycles. The van der Waals surface area contributed by atoms with E-state index in [1.54, 1.807) is 0 Å². The highest BCUT2D eigenvalue weighted by atomic mass is 14.1. The van der Waals surface area contributed by atoms with Gasteiger partial charge >= 0.3 is 0 Å². The molecule has 54 valence electrons. The predicted molar refractivity (Wildman–Crippen MR) is 42.9 cm³/mol. The van der Waals surface area contributed by atoms with E-state index in [-0.39, 0.29) is 0 Å². The third kappa shape index (κ3) is 5.88. The lowest BCUT2D eigenvalue weighted by molar-refractivity contribution is 0.541. The SMILES string of the molecule is [CH2]CC(C)C[CH]C(C)C. The first-order valence-electron chi connectivity index (χ1n) is 3.79. The monoisotopic (exact) mass is 126 g/mol. The van der Waals surface area contributed by atoms with E-state index in [1.807, 2.05) is 0 Å². The lowest BCUT2D eigenvalue weighted by atomic mass is 9.98. The van der Waals surface area contributed by atoms with Crippen LogP contribution in [0.15, 0.2) is 0 Å². The van der Waals surface area contributed by atoms with Gasteiger partial charge in [-0.3, -0.25) is 0 Å². The van der Waals surface area contributed by atoms with Crippen LogP contribution in [0.5, 0.6) is 0 Å². The molecule has 0 saturated heterocycles. The van der Waals surface area contributed by atoms with Crippen LogP contribution in [-0.2, 0) is 0 Å². The quantitative estimate of drug-likeness (QED) is 0.543. The molecular weight excluding hydrogens is 108 g/mol. The van der Waals surface area contributed by atoms with Gasteiger partial charge in [-0.05, 0) is 24.7 Å². The summed E-state index contributed by atoms with van der Waals surface area (Å²) in [5.74, 6) is 1.51. The van der Waals surface area contributed by atoms with Crippen LogP contribution in [0, 0.1) is 25.2 Å². The van der Waals surface area contributed by atoms with E-state index in [1.165, 1.54) is 6.42 Å². The normalized spacial score (nSPS) is 14.3. The Kier molecular flexibility index (Phi) is 4.84. The minimum absolute atomic E-state index is 0.735. The Morgan fingerprint density at radius 2 is 1.89 bits per heavy atom. The topological polar surface area (TPSA) is 0 Å². The molecule has 0 fully saturated rings. The van der Waals surface area contributed by atoms with Gasteiger partial charge in [0.05, 0.1) is 0 Å². The van der Waals surface area contributed by atoms with Crippen molar-refractivity contribution < 1.29 is 0 Å². The fourth-order valence-corrected chi connectivity index (χ4v) is 0.622. The highest BCUT2D eigenvalue weighted by Gasteiger charge is 1.99. The summed E-state index contributed by atoms with van der Waals surface area (Å²) in [5, 5.41) is 0. The molecule has 0 spiro atoms. The van der Waals surface area contributed by atoms with E-state index in [9.17, 15) is 0 Å². The molecule has 0 saturated carbocycles. The zero-order valence-electron chi connectivity index (χ0n) is 6.85. The van der Waals surface area contributed by atoms with E-state index in [0.717, 1.165) is 18.3 Å². The van der Waals surface area contributed by atoms with Crippen LogP contribution in [0.4, 0.5) is 0 Å². The first-order valence-corrected chi connectivity index (χ1v) is 3.79. The molecule has 0 aliphatic carbocycles. The Morgan fingerprint density at radius 3 is 2.22 bits per heavy atom. The Hall–Kier alpha value is 0. The maximum atomic E-state index is 3.84. The highest BCUT2D eigenvalue weighted by Crippen LogP contribution is 2.12. The maximum Gasteiger partial charge on any atom is -0.0358 e. The van der Waals surface area contributed by atoms with Gasteiger partial charge in [-0.15, -0.1) is 0 Å². The molecule has 0 heteroatoms. The van der Waals surface area contributed by atoms with Crippen molar-refractivity contribution in [3.05, 3.63) is 13.3 Å². The van der Waals surface area contributed by atoms with Crippen molar-refractivity contribution >= 4 is 0 Å². The smallest absolute Gasteiger partial charge is 0.0358 e. The van der Waals surface area contributed by atoms with Crippen LogP contribution in [0.3, 0.4) is 0 Å². The van der Waals surface area contributed by atoms with E-state index in [4.69, 9.17) is 0 Å². The summed E-state index contributed by atoms with van der Waals surface area (Å²) in [6, 6.07) is 0. The zero-order valence-corrected chi connectivity index (χ0v) is 6.85. The van der Waals surface area contributed by atoms with Crippen LogP contribution in [0.25, 0.3) is 0 Å². The summed E-state index contributed by atoms with van der Waals surface area (Å²) in [5.41, 5.74) is 0. The van der Waals surface area contributed by atoms with Crippen LogP contribution in [0.2, 0.25) is 0 Å². The lowest BCUT2D eigenvalue weighted by Crippen LogP contribution is -1.96. The third-order valence-corrected chi connectivity index (χ3v) is 1.50. The van der Waals surface area contributed by atoms with Crippen LogP contribution >= 0.6 is 0 Å². The molecular formula is C9H18. The summed E-state index contributed by atoms with van der Waals surface area (Å²) in [4.78, 5) is 0. The molecule has 0 N–H and O–H groups in total. The molecule has 0 aromatic rings. The highest BCUT2D eigenvalue weighted by molar-refractivity contribution is 4.72. The Bertz CT molecular complexity index is 55.1. The lowest BCUT2D eigenvalue weighted by Gasteiger charge is -2.08. The number of hydrogen-bond acceptors (Lipinski definition) is 0. The summed E-state index contributed by atoms with van der Waals surface area (Å²) in [7, 11) is 0. The van der Waals surface area contributed by atoms with Crippen molar-refractivity contribution in [2.24, 2.45) is 11.8 Å². The molecule has 0 amide bonds. The third-order valence-electron chi connectivity index (χ3n) is 1.50. The van der Waals surface area contributed by atoms with Gasteiger partial charge in [0, 0.05) is 0 Å². The molecule has 2 radical (unpaired) electrons. The van der Waals surface area contributed by atoms with Crippen molar-refractivity contribution in [1.29, 1.82) is 0 Å². The molecule has 0 bridgehead atoms. The van der Waals surface area contributed by atoms with Crippen molar-refractivity contribution in [2.75, 3.05) is 0 Å². The predicted octanol–water partition coefficient (Wildman–Crippen LogP) is 3.10. The fourth-order valence-electron chi connectivity index (χ4n) is 0.622. The minimum atomic E-state index is 0.735. The average Bonchev–Trinajstić information content (AvgIpc) is 1.83. The average molecular weight is 126 g/mol. The second kappa shape index (κ2) is 4.84. The summed E-state index contributed by atoms with van der Waals surface area (Å²) >= 11 is 0. The summed E-state index contributed by atoms with van der Waals surface area (Å²) in [6.07, 6.45) is 4.64. The van der Waals surface area contributed by atoms with Gasteiger partial charge in [-0.25, -0.2) is 0 Å². The molecule has 0 aromatic carbocycles. The Morgan fingerprint density at radius 1 is 1.33 bits per heavy atom. The maximum absolute atomic E-state index is 3.84. The minimum Gasteiger partial charge on any atom is -0.0625 e. The van der Waals surface area contributed by atoms with E-state index in [0.29, 0.717) is 0 Å². The zero-order chi connectivity index (χ0) is 7.28. The van der Waals surface area contributed by atoms with Gasteiger partial charge in [0.2, 0.25) is 0 Å². The summed E-state index contributed by atoms with van der Waals surface area (Å²) < 4.78 is 0. The van der Waals surface area contributed by atoms with E-state index in [2.05, 4.69) is 34.1 Å². The van der Waals surface area contributed by atoms with Gasteiger partial charge in [-0.1, -0.05) is 34.1 Å². The molecule has 9 heavy (non-hydrogen) atoms. The second-order valence-corrected chi connectivity index (χ2v) is 3.11. The van der Waals surface area contributed by atoms with Crippen molar-refractivity contribution in [3.63, 3.8) is 0 Å². The van der Waals surface area contributed by atoms with Crippen molar-refractivity contribution in [1.82, 2.24) is 0 Å². The summed E-state index contributed by atoms with van der Waals surface area (Å²) in [6.45, 7) is 10.5.